The van der Waals surface area contributed by atoms with Crippen molar-refractivity contribution in [3.05, 3.63) is 58.8 Å². The molecule has 5 heteroatoms. The lowest BCUT2D eigenvalue weighted by Gasteiger charge is -2.63. The quantitative estimate of drug-likeness (QED) is 0.655. The van der Waals surface area contributed by atoms with Gasteiger partial charge in [0.05, 0.1) is 16.7 Å². The number of likely N-dealkylation sites (tertiary alicyclic amines) is 1. The van der Waals surface area contributed by atoms with Crippen molar-refractivity contribution in [2.45, 2.75) is 55.3 Å². The molecule has 5 nitrogen and oxygen atoms in total. The van der Waals surface area contributed by atoms with Gasteiger partial charge in [0.25, 0.3) is 0 Å². The number of aryl methyl sites for hydroxylation is 1. The summed E-state index contributed by atoms with van der Waals surface area (Å²) in [6.07, 6.45) is 4.69. The van der Waals surface area contributed by atoms with Crippen LogP contribution >= 0.6 is 0 Å². The summed E-state index contributed by atoms with van der Waals surface area (Å²) in [7, 11) is 2.12. The van der Waals surface area contributed by atoms with E-state index >= 15 is 0 Å². The normalized spacial score (nSPS) is 34.3. The molecule has 2 aliphatic heterocycles. The third-order valence-corrected chi connectivity index (χ3v) is 9.47. The van der Waals surface area contributed by atoms with Gasteiger partial charge in [-0.05, 0) is 61.4 Å². The van der Waals surface area contributed by atoms with E-state index in [-0.39, 0.29) is 17.9 Å². The zero-order valence-corrected chi connectivity index (χ0v) is 18.3. The summed E-state index contributed by atoms with van der Waals surface area (Å²) in [5, 5.41) is 24.8. The van der Waals surface area contributed by atoms with Gasteiger partial charge in [-0.1, -0.05) is 24.3 Å². The first-order valence-electron chi connectivity index (χ1n) is 12.1. The first-order valence-corrected chi connectivity index (χ1v) is 12.1. The molecule has 8 rings (SSSR count). The van der Waals surface area contributed by atoms with Gasteiger partial charge in [0.1, 0.15) is 0 Å². The third kappa shape index (κ3) is 1.84. The van der Waals surface area contributed by atoms with Crippen LogP contribution in [-0.4, -0.2) is 44.4 Å². The second kappa shape index (κ2) is 5.52. The van der Waals surface area contributed by atoms with Crippen molar-refractivity contribution in [2.75, 3.05) is 13.1 Å². The maximum atomic E-state index is 12.8. The molecular weight excluding hydrogens is 400 g/mol. The highest BCUT2D eigenvalue weighted by Gasteiger charge is 2.73. The average Bonchev–Trinajstić information content (AvgIpc) is 3.47. The number of phenolic OH excluding ortho intramolecular Hbond substituents is 1. The molecule has 1 saturated carbocycles. The standard InChI is InChI=1S/C27H28N2O3/c1-28-19-5-3-2-4-17(19)18-13-27(31)21-12-16-8-9-20(30)24-22(16)26(27,25(32-24)23(18)28)10-11-29(21)14-15-6-7-15/h2-5,8-9,15,21,25,30-31H,6-7,10-14H2,1H3/t21-,25+,26-,27+/m0/s1. The van der Waals surface area contributed by atoms with E-state index in [0.29, 0.717) is 12.2 Å². The minimum Gasteiger partial charge on any atom is -0.504 e. The maximum Gasteiger partial charge on any atom is 0.166 e. The fourth-order valence-electron chi connectivity index (χ4n) is 7.93. The molecule has 5 aliphatic rings. The van der Waals surface area contributed by atoms with Gasteiger partial charge in [-0.25, -0.2) is 0 Å². The van der Waals surface area contributed by atoms with Crippen LogP contribution in [0.5, 0.6) is 11.5 Å². The Morgan fingerprint density at radius 3 is 2.84 bits per heavy atom. The Bertz CT molecular complexity index is 1320. The van der Waals surface area contributed by atoms with Crippen LogP contribution in [0, 0.1) is 5.92 Å². The van der Waals surface area contributed by atoms with Crippen LogP contribution in [0.1, 0.15) is 47.8 Å². The highest BCUT2D eigenvalue weighted by molar-refractivity contribution is 5.87. The topological polar surface area (TPSA) is 57.9 Å². The number of rotatable bonds is 2. The molecule has 1 saturated heterocycles. The van der Waals surface area contributed by atoms with Crippen LogP contribution < -0.4 is 4.74 Å². The smallest absolute Gasteiger partial charge is 0.166 e. The van der Waals surface area contributed by atoms with E-state index in [4.69, 9.17) is 4.74 Å². The molecule has 4 atom stereocenters. The van der Waals surface area contributed by atoms with Crippen LogP contribution in [0.25, 0.3) is 10.9 Å². The average molecular weight is 429 g/mol. The van der Waals surface area contributed by atoms with E-state index in [1.54, 1.807) is 6.07 Å². The molecule has 3 aromatic rings. The Hall–Kier alpha value is -2.50. The minimum atomic E-state index is -0.909. The van der Waals surface area contributed by atoms with E-state index in [9.17, 15) is 10.2 Å². The summed E-state index contributed by atoms with van der Waals surface area (Å²) < 4.78 is 8.96. The van der Waals surface area contributed by atoms with Gasteiger partial charge in [0.15, 0.2) is 17.6 Å². The number of hydrogen-bond donors (Lipinski definition) is 2. The van der Waals surface area contributed by atoms with E-state index in [0.717, 1.165) is 37.4 Å². The monoisotopic (exact) mass is 428 g/mol. The predicted molar refractivity (Wildman–Crippen MR) is 121 cm³/mol. The second-order valence-electron chi connectivity index (χ2n) is 10.9. The van der Waals surface area contributed by atoms with Crippen LogP contribution in [-0.2, 0) is 25.3 Å². The maximum absolute atomic E-state index is 12.8. The van der Waals surface area contributed by atoms with Gasteiger partial charge in [0.2, 0.25) is 0 Å². The molecule has 32 heavy (non-hydrogen) atoms. The van der Waals surface area contributed by atoms with Gasteiger partial charge in [-0.15, -0.1) is 0 Å². The molecule has 2 aromatic carbocycles. The van der Waals surface area contributed by atoms with Gasteiger partial charge in [-0.2, -0.15) is 0 Å². The number of fused-ring (bicyclic) bond motifs is 4. The number of piperidine rings is 1. The van der Waals surface area contributed by atoms with Gasteiger partial charge >= 0.3 is 0 Å². The van der Waals surface area contributed by atoms with E-state index in [1.165, 1.54) is 40.6 Å². The lowest BCUT2D eigenvalue weighted by Crippen LogP contribution is -2.74. The Morgan fingerprint density at radius 2 is 2.00 bits per heavy atom. The predicted octanol–water partition coefficient (Wildman–Crippen LogP) is 3.58. The number of hydrogen-bond acceptors (Lipinski definition) is 4. The molecule has 1 spiro atoms. The van der Waals surface area contributed by atoms with E-state index < -0.39 is 11.0 Å². The Labute approximate surface area is 187 Å². The summed E-state index contributed by atoms with van der Waals surface area (Å²) >= 11 is 0. The summed E-state index contributed by atoms with van der Waals surface area (Å²) in [6, 6.07) is 12.5. The van der Waals surface area contributed by atoms with Crippen molar-refractivity contribution in [2.24, 2.45) is 13.0 Å². The molecule has 2 bridgehead atoms. The van der Waals surface area contributed by atoms with Crippen LogP contribution in [0.15, 0.2) is 36.4 Å². The van der Waals surface area contributed by atoms with E-state index in [1.807, 2.05) is 0 Å². The Kier molecular flexibility index (Phi) is 3.10. The lowest BCUT2D eigenvalue weighted by molar-refractivity contribution is -0.173. The third-order valence-electron chi connectivity index (χ3n) is 9.47. The molecule has 0 radical (unpaired) electrons. The summed E-state index contributed by atoms with van der Waals surface area (Å²) in [5.41, 5.74) is 4.50. The number of aliphatic hydroxyl groups is 1. The fraction of sp³-hybridized carbons (Fsp3) is 0.481. The Balaban J connectivity index is 1.44. The van der Waals surface area contributed by atoms with E-state index in [2.05, 4.69) is 46.8 Å². The highest BCUT2D eigenvalue weighted by atomic mass is 16.5. The molecule has 0 amide bonds. The van der Waals surface area contributed by atoms with Crippen molar-refractivity contribution >= 4 is 10.9 Å². The molecule has 1 aromatic heterocycles. The van der Waals surface area contributed by atoms with Crippen molar-refractivity contribution in [1.82, 2.24) is 9.47 Å². The lowest BCUT2D eigenvalue weighted by atomic mass is 9.49. The number of aromatic nitrogens is 1. The number of phenols is 1. The van der Waals surface area contributed by atoms with Gasteiger partial charge in [-0.3, -0.25) is 4.90 Å². The first-order chi connectivity index (χ1) is 15.5. The number of aromatic hydroxyl groups is 1. The molecule has 3 heterocycles. The minimum absolute atomic E-state index is 0.0815. The summed E-state index contributed by atoms with van der Waals surface area (Å²) in [4.78, 5) is 2.59. The van der Waals surface area contributed by atoms with Crippen LogP contribution in [0.4, 0.5) is 0 Å². The number of benzene rings is 2. The summed E-state index contributed by atoms with van der Waals surface area (Å²) in [5.74, 6) is 1.60. The fourth-order valence-corrected chi connectivity index (χ4v) is 7.93. The highest BCUT2D eigenvalue weighted by Crippen LogP contribution is 2.69. The number of ether oxygens (including phenoxy) is 1. The molecule has 2 N–H and O–H groups in total. The molecular formula is C27H28N2O3. The largest absolute Gasteiger partial charge is 0.504 e. The van der Waals surface area contributed by atoms with Crippen molar-refractivity contribution in [3.8, 4) is 11.5 Å². The second-order valence-corrected chi connectivity index (χ2v) is 10.9. The van der Waals surface area contributed by atoms with Gasteiger partial charge in [0, 0.05) is 42.5 Å². The van der Waals surface area contributed by atoms with Crippen LogP contribution in [0.2, 0.25) is 0 Å². The molecule has 164 valence electrons. The van der Waals surface area contributed by atoms with Gasteiger partial charge < -0.3 is 19.5 Å². The Morgan fingerprint density at radius 1 is 1.16 bits per heavy atom. The molecule has 2 fully saturated rings. The molecule has 0 unspecified atom stereocenters. The zero-order chi connectivity index (χ0) is 21.4. The van der Waals surface area contributed by atoms with Crippen molar-refractivity contribution < 1.29 is 14.9 Å². The first kappa shape index (κ1) is 18.0. The number of para-hydroxylation sites is 1. The summed E-state index contributed by atoms with van der Waals surface area (Å²) in [6.45, 7) is 2.08. The molecule has 3 aliphatic carbocycles. The van der Waals surface area contributed by atoms with Crippen molar-refractivity contribution in [3.63, 3.8) is 0 Å². The number of nitrogens with zero attached hydrogens (tertiary/aromatic N) is 2. The zero-order valence-electron chi connectivity index (χ0n) is 18.3. The SMILES string of the molecule is Cn1c2c(c3ccccc31)C[C@@]1(O)[C@@H]3Cc4ccc(O)c5c4[C@@]1(CCN3CC1CC1)[C@@H]2O5. The van der Waals surface area contributed by atoms with Crippen molar-refractivity contribution in [1.29, 1.82) is 0 Å². The van der Waals surface area contributed by atoms with Crippen LogP contribution in [0.3, 0.4) is 0 Å².